The van der Waals surface area contributed by atoms with Gasteiger partial charge in [0.2, 0.25) is 0 Å². The summed E-state index contributed by atoms with van der Waals surface area (Å²) in [6.45, 7) is 3.03. The number of para-hydroxylation sites is 1. The van der Waals surface area contributed by atoms with E-state index in [0.29, 0.717) is 17.4 Å². The molecule has 1 saturated heterocycles. The molecule has 2 aromatic carbocycles. The Labute approximate surface area is 200 Å². The maximum absolute atomic E-state index is 13.6. The van der Waals surface area contributed by atoms with E-state index in [9.17, 15) is 9.59 Å². The van der Waals surface area contributed by atoms with Crippen LogP contribution in [-0.4, -0.2) is 37.0 Å². The summed E-state index contributed by atoms with van der Waals surface area (Å²) in [7, 11) is 1.58. The zero-order valence-corrected chi connectivity index (χ0v) is 19.9. The van der Waals surface area contributed by atoms with Crippen molar-refractivity contribution in [2.45, 2.75) is 51.0 Å². The number of anilines is 1. The number of likely N-dealkylation sites (tertiary alicyclic amines) is 1. The van der Waals surface area contributed by atoms with Crippen LogP contribution in [0.4, 0.5) is 5.69 Å². The standard InChI is InChI=1S/C28H32N2O4/c1-18(31)34-24-14-13-19(17-25(24)33-2)26-21-10-7-9-20(21)22-11-8-12-23(27(22)29-26)28(32)30-15-5-3-4-6-16-30/h7-9,11-14,17,20-21,26,29H,3-6,10,15-16H2,1-2H3. The molecule has 2 aliphatic heterocycles. The predicted molar refractivity (Wildman–Crippen MR) is 131 cm³/mol. The number of benzene rings is 2. The van der Waals surface area contributed by atoms with Gasteiger partial charge in [0, 0.05) is 25.9 Å². The lowest BCUT2D eigenvalue weighted by Crippen LogP contribution is -2.35. The largest absolute Gasteiger partial charge is 0.493 e. The molecule has 0 aromatic heterocycles. The van der Waals surface area contributed by atoms with Crippen LogP contribution in [0, 0.1) is 5.92 Å². The van der Waals surface area contributed by atoms with Crippen LogP contribution in [-0.2, 0) is 4.79 Å². The van der Waals surface area contributed by atoms with E-state index in [4.69, 9.17) is 9.47 Å². The highest BCUT2D eigenvalue weighted by atomic mass is 16.6. The van der Waals surface area contributed by atoms with Crippen molar-refractivity contribution in [3.05, 3.63) is 65.2 Å². The van der Waals surface area contributed by atoms with Gasteiger partial charge in [-0.05, 0) is 54.5 Å². The van der Waals surface area contributed by atoms with Crippen LogP contribution in [0.1, 0.15) is 72.5 Å². The maximum atomic E-state index is 13.6. The summed E-state index contributed by atoms with van der Waals surface area (Å²) in [5.41, 5.74) is 3.94. The summed E-state index contributed by atoms with van der Waals surface area (Å²) >= 11 is 0. The minimum atomic E-state index is -0.382. The molecule has 2 heterocycles. The van der Waals surface area contributed by atoms with Crippen molar-refractivity contribution in [3.8, 4) is 11.5 Å². The first kappa shape index (κ1) is 22.5. The summed E-state index contributed by atoms with van der Waals surface area (Å²) in [4.78, 5) is 27.1. The van der Waals surface area contributed by atoms with Gasteiger partial charge in [-0.25, -0.2) is 0 Å². The van der Waals surface area contributed by atoms with E-state index in [1.165, 1.54) is 25.3 Å². The van der Waals surface area contributed by atoms with Gasteiger partial charge in [-0.3, -0.25) is 9.59 Å². The molecule has 2 aromatic rings. The molecule has 3 aliphatic rings. The fourth-order valence-electron chi connectivity index (χ4n) is 5.69. The summed E-state index contributed by atoms with van der Waals surface area (Å²) in [6.07, 6.45) is 10.00. The normalized spacial score (nSPS) is 23.4. The van der Waals surface area contributed by atoms with E-state index in [1.807, 2.05) is 29.2 Å². The van der Waals surface area contributed by atoms with Gasteiger partial charge < -0.3 is 19.7 Å². The number of carbonyl (C=O) groups excluding carboxylic acids is 2. The van der Waals surface area contributed by atoms with E-state index < -0.39 is 0 Å². The highest BCUT2D eigenvalue weighted by molar-refractivity contribution is 6.01. The second kappa shape index (κ2) is 9.53. The first-order valence-electron chi connectivity index (χ1n) is 12.3. The molecule has 1 N–H and O–H groups in total. The number of nitrogens with zero attached hydrogens (tertiary/aromatic N) is 1. The van der Waals surface area contributed by atoms with E-state index in [-0.39, 0.29) is 23.8 Å². The number of allylic oxidation sites excluding steroid dienone is 2. The van der Waals surface area contributed by atoms with Gasteiger partial charge in [-0.1, -0.05) is 43.2 Å². The Morgan fingerprint density at radius 3 is 2.56 bits per heavy atom. The molecule has 0 radical (unpaired) electrons. The topological polar surface area (TPSA) is 67.9 Å². The number of amides is 1. The minimum Gasteiger partial charge on any atom is -0.493 e. The Morgan fingerprint density at radius 1 is 1.03 bits per heavy atom. The van der Waals surface area contributed by atoms with Crippen molar-refractivity contribution in [3.63, 3.8) is 0 Å². The summed E-state index contributed by atoms with van der Waals surface area (Å²) < 4.78 is 10.8. The second-order valence-corrected chi connectivity index (χ2v) is 9.46. The number of hydrogen-bond donors (Lipinski definition) is 1. The van der Waals surface area contributed by atoms with Gasteiger partial charge >= 0.3 is 5.97 Å². The molecule has 3 atom stereocenters. The van der Waals surface area contributed by atoms with Crippen LogP contribution < -0.4 is 14.8 Å². The summed E-state index contributed by atoms with van der Waals surface area (Å²) in [5, 5.41) is 3.75. The van der Waals surface area contributed by atoms with Gasteiger partial charge in [-0.2, -0.15) is 0 Å². The van der Waals surface area contributed by atoms with Gasteiger partial charge in [-0.15, -0.1) is 0 Å². The molecule has 6 nitrogen and oxygen atoms in total. The lowest BCUT2D eigenvalue weighted by atomic mass is 9.76. The molecule has 0 bridgehead atoms. The van der Waals surface area contributed by atoms with Gasteiger partial charge in [0.05, 0.1) is 24.4 Å². The zero-order chi connectivity index (χ0) is 23.7. The number of fused-ring (bicyclic) bond motifs is 3. The molecular formula is C28H32N2O4. The molecule has 1 aliphatic carbocycles. The maximum Gasteiger partial charge on any atom is 0.308 e. The Morgan fingerprint density at radius 2 is 1.82 bits per heavy atom. The van der Waals surface area contributed by atoms with E-state index in [0.717, 1.165) is 49.2 Å². The SMILES string of the molecule is COc1cc(C2Nc3c(C(=O)N4CCCCCC4)cccc3C3C=CCC32)ccc1OC(C)=O. The molecule has 6 heteroatoms. The molecule has 1 amide bonds. The van der Waals surface area contributed by atoms with Crippen molar-refractivity contribution in [2.75, 3.05) is 25.5 Å². The lowest BCUT2D eigenvalue weighted by molar-refractivity contribution is -0.132. The van der Waals surface area contributed by atoms with Crippen LogP contribution in [0.3, 0.4) is 0 Å². The van der Waals surface area contributed by atoms with E-state index >= 15 is 0 Å². The number of carbonyl (C=O) groups is 2. The van der Waals surface area contributed by atoms with E-state index in [1.54, 1.807) is 13.2 Å². The quantitative estimate of drug-likeness (QED) is 0.373. The number of nitrogens with one attached hydrogen (secondary N) is 1. The van der Waals surface area contributed by atoms with Crippen LogP contribution >= 0.6 is 0 Å². The monoisotopic (exact) mass is 460 g/mol. The number of esters is 1. The third kappa shape index (κ3) is 4.17. The van der Waals surface area contributed by atoms with Crippen LogP contribution in [0.25, 0.3) is 0 Å². The first-order chi connectivity index (χ1) is 16.6. The molecule has 178 valence electrons. The average molecular weight is 461 g/mol. The number of methoxy groups -OCH3 is 1. The van der Waals surface area contributed by atoms with E-state index in [2.05, 4.69) is 23.5 Å². The Kier molecular flexibility index (Phi) is 6.31. The molecule has 34 heavy (non-hydrogen) atoms. The predicted octanol–water partition coefficient (Wildman–Crippen LogP) is 5.46. The number of hydrogen-bond acceptors (Lipinski definition) is 5. The van der Waals surface area contributed by atoms with Gasteiger partial charge in [0.15, 0.2) is 11.5 Å². The fraction of sp³-hybridized carbons (Fsp3) is 0.429. The van der Waals surface area contributed by atoms with Crippen molar-refractivity contribution in [1.82, 2.24) is 4.90 Å². The Bertz CT molecular complexity index is 1120. The zero-order valence-electron chi connectivity index (χ0n) is 19.9. The molecule has 0 saturated carbocycles. The lowest BCUT2D eigenvalue weighted by Gasteiger charge is -2.39. The molecule has 0 spiro atoms. The highest BCUT2D eigenvalue weighted by Crippen LogP contribution is 2.51. The Balaban J connectivity index is 1.52. The summed E-state index contributed by atoms with van der Waals surface area (Å²) in [5.74, 6) is 1.25. The number of ether oxygens (including phenoxy) is 2. The molecule has 3 unspecified atom stereocenters. The second-order valence-electron chi connectivity index (χ2n) is 9.46. The molecule has 1 fully saturated rings. The van der Waals surface area contributed by atoms with Crippen molar-refractivity contribution in [1.29, 1.82) is 0 Å². The van der Waals surface area contributed by atoms with Crippen molar-refractivity contribution >= 4 is 17.6 Å². The van der Waals surface area contributed by atoms with Crippen molar-refractivity contribution in [2.24, 2.45) is 5.92 Å². The van der Waals surface area contributed by atoms with Gasteiger partial charge in [0.1, 0.15) is 0 Å². The third-order valence-corrected chi connectivity index (χ3v) is 7.32. The molecular weight excluding hydrogens is 428 g/mol. The van der Waals surface area contributed by atoms with Crippen molar-refractivity contribution < 1.29 is 19.1 Å². The van der Waals surface area contributed by atoms with Crippen LogP contribution in [0.5, 0.6) is 11.5 Å². The Hall–Kier alpha value is -3.28. The fourth-order valence-corrected chi connectivity index (χ4v) is 5.69. The average Bonchev–Trinajstić information content (AvgIpc) is 3.18. The van der Waals surface area contributed by atoms with Gasteiger partial charge in [0.25, 0.3) is 5.91 Å². The molecule has 5 rings (SSSR count). The van der Waals surface area contributed by atoms with Crippen LogP contribution in [0.2, 0.25) is 0 Å². The summed E-state index contributed by atoms with van der Waals surface area (Å²) in [6, 6.07) is 11.8. The minimum absolute atomic E-state index is 0.00543. The third-order valence-electron chi connectivity index (χ3n) is 7.32. The number of rotatable bonds is 4. The highest BCUT2D eigenvalue weighted by Gasteiger charge is 2.40. The first-order valence-corrected chi connectivity index (χ1v) is 12.3. The smallest absolute Gasteiger partial charge is 0.308 e. The van der Waals surface area contributed by atoms with Crippen LogP contribution in [0.15, 0.2) is 48.6 Å².